The molecule has 1 amide bonds. The molecule has 0 atom stereocenters. The van der Waals surface area contributed by atoms with E-state index in [2.05, 4.69) is 41.4 Å². The van der Waals surface area contributed by atoms with Gasteiger partial charge in [-0.15, -0.1) is 0 Å². The van der Waals surface area contributed by atoms with Crippen molar-refractivity contribution in [2.45, 2.75) is 104 Å². The van der Waals surface area contributed by atoms with Crippen molar-refractivity contribution in [2.75, 3.05) is 11.9 Å². The third-order valence-electron chi connectivity index (χ3n) is 7.03. The van der Waals surface area contributed by atoms with Crippen molar-refractivity contribution in [1.82, 2.24) is 0 Å². The second kappa shape index (κ2) is 18.1. The SMILES string of the molecule is CCCCCCCCCCCCCCOc1cc(CC(=O)Nc2cccc(-c3scc[n+]3CC)c2)ccc1Cl. The number of nitrogens with zero attached hydrogens (tertiary/aromatic N) is 1. The molecule has 39 heavy (non-hydrogen) atoms. The van der Waals surface area contributed by atoms with Gasteiger partial charge in [0, 0.05) is 5.69 Å². The summed E-state index contributed by atoms with van der Waals surface area (Å²) in [6, 6.07) is 13.6. The number of halogens is 1. The zero-order chi connectivity index (χ0) is 27.7. The summed E-state index contributed by atoms with van der Waals surface area (Å²) in [7, 11) is 0. The monoisotopic (exact) mass is 569 g/mol. The Kier molecular flexibility index (Phi) is 14.4. The number of hydrogen-bond donors (Lipinski definition) is 1. The molecular weight excluding hydrogens is 524 g/mol. The number of carbonyl (C=O) groups is 1. The molecule has 0 fully saturated rings. The lowest BCUT2D eigenvalue weighted by molar-refractivity contribution is -0.678. The van der Waals surface area contributed by atoms with E-state index in [-0.39, 0.29) is 12.3 Å². The number of nitrogens with one attached hydrogen (secondary N) is 1. The topological polar surface area (TPSA) is 42.2 Å². The lowest BCUT2D eigenvalue weighted by atomic mass is 10.1. The van der Waals surface area contributed by atoms with Crippen LogP contribution in [0.1, 0.15) is 96.5 Å². The Balaban J connectivity index is 1.36. The van der Waals surface area contributed by atoms with Crippen molar-refractivity contribution in [3.63, 3.8) is 0 Å². The summed E-state index contributed by atoms with van der Waals surface area (Å²) in [4.78, 5) is 12.8. The van der Waals surface area contributed by atoms with Gasteiger partial charge in [-0.2, -0.15) is 4.57 Å². The van der Waals surface area contributed by atoms with E-state index in [0.29, 0.717) is 17.4 Å². The molecule has 0 spiro atoms. The molecule has 0 saturated carbocycles. The third-order valence-corrected chi connectivity index (χ3v) is 8.29. The Morgan fingerprint density at radius 1 is 0.897 bits per heavy atom. The largest absolute Gasteiger partial charge is 0.492 e. The molecule has 1 aromatic heterocycles. The van der Waals surface area contributed by atoms with E-state index in [1.54, 1.807) is 11.3 Å². The number of anilines is 1. The summed E-state index contributed by atoms with van der Waals surface area (Å²) in [5.74, 6) is 0.602. The Morgan fingerprint density at radius 3 is 2.28 bits per heavy atom. The number of thiazole rings is 1. The smallest absolute Gasteiger partial charge is 0.269 e. The van der Waals surface area contributed by atoms with Crippen molar-refractivity contribution < 1.29 is 14.1 Å². The predicted molar refractivity (Wildman–Crippen MR) is 166 cm³/mol. The van der Waals surface area contributed by atoms with Gasteiger partial charge in [-0.3, -0.25) is 4.79 Å². The van der Waals surface area contributed by atoms with Crippen LogP contribution in [0.5, 0.6) is 5.75 Å². The minimum absolute atomic E-state index is 0.0593. The fourth-order valence-corrected chi connectivity index (χ4v) is 5.90. The van der Waals surface area contributed by atoms with E-state index in [0.717, 1.165) is 29.8 Å². The number of ether oxygens (including phenoxy) is 1. The Labute approximate surface area is 244 Å². The molecule has 2 aromatic carbocycles. The maximum Gasteiger partial charge on any atom is 0.269 e. The van der Waals surface area contributed by atoms with Crippen molar-refractivity contribution in [1.29, 1.82) is 0 Å². The summed E-state index contributed by atoms with van der Waals surface area (Å²) in [5, 5.41) is 6.90. The maximum atomic E-state index is 12.8. The molecule has 3 rings (SSSR count). The van der Waals surface area contributed by atoms with Crippen molar-refractivity contribution in [3.05, 3.63) is 64.6 Å². The normalized spacial score (nSPS) is 11.1. The molecule has 0 aliphatic heterocycles. The first-order valence-corrected chi connectivity index (χ1v) is 16.1. The highest BCUT2D eigenvalue weighted by molar-refractivity contribution is 7.12. The van der Waals surface area contributed by atoms with Gasteiger partial charge in [-0.25, -0.2) is 0 Å². The molecule has 0 aliphatic rings. The minimum Gasteiger partial charge on any atom is -0.492 e. The highest BCUT2D eigenvalue weighted by Crippen LogP contribution is 2.27. The van der Waals surface area contributed by atoms with Crippen LogP contribution in [0.25, 0.3) is 10.6 Å². The lowest BCUT2D eigenvalue weighted by Gasteiger charge is -2.11. The standard InChI is InChI=1S/C33H45ClN2O2S/c1-3-5-6-7-8-9-10-11-12-13-14-15-22-38-31-24-27(19-20-30(31)34)25-32(37)35-29-18-16-17-28(26-29)33-36(4-2)21-23-39-33/h16-21,23-24,26H,3-15,22,25H2,1-2H3/p+1. The number of aromatic nitrogens is 1. The van der Waals surface area contributed by atoms with Gasteiger partial charge >= 0.3 is 0 Å². The molecule has 212 valence electrons. The highest BCUT2D eigenvalue weighted by Gasteiger charge is 2.14. The molecule has 0 unspecified atom stereocenters. The molecule has 1 N–H and O–H groups in total. The molecule has 0 radical (unpaired) electrons. The average Bonchev–Trinajstić information content (AvgIpc) is 3.42. The first-order chi connectivity index (χ1) is 19.1. The van der Waals surface area contributed by atoms with E-state index in [4.69, 9.17) is 16.3 Å². The lowest BCUT2D eigenvalue weighted by Crippen LogP contribution is -2.31. The molecule has 0 bridgehead atoms. The summed E-state index contributed by atoms with van der Waals surface area (Å²) in [6.45, 7) is 5.97. The van der Waals surface area contributed by atoms with Crippen LogP contribution in [0.2, 0.25) is 5.02 Å². The van der Waals surface area contributed by atoms with Crippen LogP contribution < -0.4 is 14.6 Å². The number of hydrogen-bond acceptors (Lipinski definition) is 3. The minimum atomic E-state index is -0.0593. The van der Waals surface area contributed by atoms with Crippen LogP contribution in [0.4, 0.5) is 5.69 Å². The van der Waals surface area contributed by atoms with E-state index in [1.165, 1.54) is 75.6 Å². The molecule has 0 aliphatic carbocycles. The Bertz CT molecular complexity index is 1130. The van der Waals surface area contributed by atoms with Crippen LogP contribution in [0.15, 0.2) is 54.0 Å². The summed E-state index contributed by atoms with van der Waals surface area (Å²) < 4.78 is 8.19. The highest BCUT2D eigenvalue weighted by atomic mass is 35.5. The van der Waals surface area contributed by atoms with Crippen LogP contribution in [0.3, 0.4) is 0 Å². The van der Waals surface area contributed by atoms with Crippen molar-refractivity contribution >= 4 is 34.5 Å². The number of benzene rings is 2. The van der Waals surface area contributed by atoms with Crippen LogP contribution in [-0.4, -0.2) is 12.5 Å². The summed E-state index contributed by atoms with van der Waals surface area (Å²) >= 11 is 8.08. The van der Waals surface area contributed by atoms with E-state index >= 15 is 0 Å². The molecule has 3 aromatic rings. The Hall–Kier alpha value is -2.37. The molecule has 1 heterocycles. The van der Waals surface area contributed by atoms with Gasteiger partial charge in [0.15, 0.2) is 6.20 Å². The molecule has 4 nitrogen and oxygen atoms in total. The van der Waals surface area contributed by atoms with Gasteiger partial charge in [-0.05, 0) is 49.2 Å². The van der Waals surface area contributed by atoms with Gasteiger partial charge in [0.2, 0.25) is 5.91 Å². The van der Waals surface area contributed by atoms with E-state index in [9.17, 15) is 4.79 Å². The Morgan fingerprint density at radius 2 is 1.59 bits per heavy atom. The van der Waals surface area contributed by atoms with Crippen LogP contribution in [-0.2, 0) is 17.8 Å². The van der Waals surface area contributed by atoms with E-state index in [1.807, 2.05) is 36.4 Å². The first kappa shape index (κ1) is 31.2. The maximum absolute atomic E-state index is 12.8. The fraction of sp³-hybridized carbons (Fsp3) is 0.515. The van der Waals surface area contributed by atoms with Crippen molar-refractivity contribution in [2.24, 2.45) is 0 Å². The van der Waals surface area contributed by atoms with Crippen LogP contribution >= 0.6 is 22.9 Å². The number of amides is 1. The van der Waals surface area contributed by atoms with Gasteiger partial charge in [0.05, 0.1) is 29.0 Å². The number of carbonyl (C=O) groups excluding carboxylic acids is 1. The predicted octanol–water partition coefficient (Wildman–Crippen LogP) is 9.64. The summed E-state index contributed by atoms with van der Waals surface area (Å²) in [6.07, 6.45) is 18.2. The quantitative estimate of drug-likeness (QED) is 0.115. The fourth-order valence-electron chi connectivity index (χ4n) is 4.80. The summed E-state index contributed by atoms with van der Waals surface area (Å²) in [5.41, 5.74) is 2.79. The second-order valence-electron chi connectivity index (χ2n) is 10.3. The van der Waals surface area contributed by atoms with Gasteiger partial charge in [0.25, 0.3) is 5.01 Å². The number of unbranched alkanes of at least 4 members (excludes halogenated alkanes) is 11. The first-order valence-electron chi connectivity index (χ1n) is 14.9. The molecular formula is C33H46ClN2O2S+. The number of rotatable bonds is 19. The van der Waals surface area contributed by atoms with Gasteiger partial charge < -0.3 is 10.1 Å². The number of aryl methyl sites for hydroxylation is 1. The third kappa shape index (κ3) is 11.3. The molecule has 0 saturated heterocycles. The van der Waals surface area contributed by atoms with Gasteiger partial charge in [-0.1, -0.05) is 113 Å². The zero-order valence-electron chi connectivity index (χ0n) is 23.9. The van der Waals surface area contributed by atoms with Crippen LogP contribution in [0, 0.1) is 0 Å². The van der Waals surface area contributed by atoms with Gasteiger partial charge in [0.1, 0.15) is 12.3 Å². The molecule has 6 heteroatoms. The van der Waals surface area contributed by atoms with E-state index < -0.39 is 0 Å². The zero-order valence-corrected chi connectivity index (χ0v) is 25.4. The average molecular weight is 570 g/mol. The second-order valence-corrected chi connectivity index (χ2v) is 11.6. The van der Waals surface area contributed by atoms with Crippen molar-refractivity contribution in [3.8, 4) is 16.3 Å².